The second-order valence-corrected chi connectivity index (χ2v) is 10.8. The predicted molar refractivity (Wildman–Crippen MR) is 140 cm³/mol. The Morgan fingerprint density at radius 2 is 1.61 bits per heavy atom. The molecule has 2 amide bonds. The van der Waals surface area contributed by atoms with Crippen LogP contribution in [-0.4, -0.2) is 27.4 Å². The number of amides is 2. The van der Waals surface area contributed by atoms with Crippen molar-refractivity contribution in [2.24, 2.45) is 17.8 Å². The van der Waals surface area contributed by atoms with Crippen LogP contribution in [0.1, 0.15) is 31.7 Å². The van der Waals surface area contributed by atoms with Gasteiger partial charge in [-0.2, -0.15) is 0 Å². The molecule has 0 bridgehead atoms. The lowest BCUT2D eigenvalue weighted by molar-refractivity contribution is -0.123. The molecule has 4 atom stereocenters. The normalized spacial score (nSPS) is 25.5. The zero-order valence-corrected chi connectivity index (χ0v) is 20.9. The average molecular weight is 509 g/mol. The molecule has 3 aliphatic heterocycles. The fraction of sp³-hybridized carbons (Fsp3) is 0.267. The molecule has 8 heteroatoms. The molecular weight excluding hydrogens is 483 g/mol. The monoisotopic (exact) mass is 508 g/mol. The highest BCUT2D eigenvalue weighted by molar-refractivity contribution is 6.23. The van der Waals surface area contributed by atoms with Gasteiger partial charge in [0.2, 0.25) is 11.8 Å². The van der Waals surface area contributed by atoms with Crippen LogP contribution in [0.5, 0.6) is 0 Å². The molecule has 4 aromatic rings. The summed E-state index contributed by atoms with van der Waals surface area (Å²) in [5, 5.41) is 4.14. The number of aromatic nitrogens is 2. The van der Waals surface area contributed by atoms with E-state index in [4.69, 9.17) is 4.98 Å². The molecular formula is C30H25FN4O3. The minimum Gasteiger partial charge on any atom is -0.297 e. The fourth-order valence-corrected chi connectivity index (χ4v) is 6.80. The first-order valence-corrected chi connectivity index (χ1v) is 12.9. The van der Waals surface area contributed by atoms with E-state index in [0.29, 0.717) is 28.8 Å². The maximum atomic E-state index is 14.9. The number of carbonyl (C=O) groups excluding carboxylic acids is 2. The van der Waals surface area contributed by atoms with Crippen LogP contribution in [0.2, 0.25) is 0 Å². The van der Waals surface area contributed by atoms with Gasteiger partial charge in [0.15, 0.2) is 0 Å². The molecule has 0 radical (unpaired) electrons. The predicted octanol–water partition coefficient (Wildman–Crippen LogP) is 3.91. The van der Waals surface area contributed by atoms with Crippen LogP contribution in [0.4, 0.5) is 10.1 Å². The summed E-state index contributed by atoms with van der Waals surface area (Å²) < 4.78 is 16.5. The molecule has 1 spiro atoms. The Hall–Kier alpha value is -4.17. The lowest BCUT2D eigenvalue weighted by Crippen LogP contribution is -2.50. The summed E-state index contributed by atoms with van der Waals surface area (Å²) in [5.41, 5.74) is 0.360. The second-order valence-electron chi connectivity index (χ2n) is 10.8. The van der Waals surface area contributed by atoms with Crippen molar-refractivity contribution in [3.63, 3.8) is 0 Å². The molecule has 190 valence electrons. The van der Waals surface area contributed by atoms with Gasteiger partial charge in [-0.15, -0.1) is 0 Å². The maximum absolute atomic E-state index is 14.9. The SMILES string of the molecule is CC(C)C[C@H]1N[C@@]2(c3ccccc3-n3c2nc2ccccc2c3=O)[C@H]2C(=O)N(c3ccccc3F)C(=O)[C@@H]12. The van der Waals surface area contributed by atoms with Crippen molar-refractivity contribution in [1.29, 1.82) is 0 Å². The molecule has 2 fully saturated rings. The molecule has 1 aromatic heterocycles. The van der Waals surface area contributed by atoms with E-state index < -0.39 is 35.0 Å². The summed E-state index contributed by atoms with van der Waals surface area (Å²) in [6.07, 6.45) is 0.618. The first kappa shape index (κ1) is 23.0. The minimum atomic E-state index is -1.23. The van der Waals surface area contributed by atoms with Crippen molar-refractivity contribution in [2.45, 2.75) is 31.8 Å². The zero-order valence-electron chi connectivity index (χ0n) is 20.9. The number of halogens is 1. The van der Waals surface area contributed by atoms with E-state index in [1.807, 2.05) is 30.3 Å². The summed E-state index contributed by atoms with van der Waals surface area (Å²) in [6, 6.07) is 20.0. The van der Waals surface area contributed by atoms with Gasteiger partial charge in [-0.1, -0.05) is 56.3 Å². The third-order valence-corrected chi connectivity index (χ3v) is 8.18. The highest BCUT2D eigenvalue weighted by Gasteiger charge is 2.69. The van der Waals surface area contributed by atoms with Crippen molar-refractivity contribution in [3.05, 3.63) is 100 Å². The van der Waals surface area contributed by atoms with Crippen molar-refractivity contribution >= 4 is 28.4 Å². The molecule has 3 aromatic carbocycles. The summed E-state index contributed by atoms with van der Waals surface area (Å²) in [5.74, 6) is -2.59. The number of imide groups is 1. The molecule has 7 nitrogen and oxygen atoms in total. The summed E-state index contributed by atoms with van der Waals surface area (Å²) in [6.45, 7) is 4.12. The molecule has 1 N–H and O–H groups in total. The van der Waals surface area contributed by atoms with E-state index in [2.05, 4.69) is 19.2 Å². The number of para-hydroxylation sites is 3. The minimum absolute atomic E-state index is 0.0505. The molecule has 0 unspecified atom stereocenters. The average Bonchev–Trinajstić information content (AvgIpc) is 3.48. The molecule has 38 heavy (non-hydrogen) atoms. The fourth-order valence-electron chi connectivity index (χ4n) is 6.80. The lowest BCUT2D eigenvalue weighted by atomic mass is 9.75. The largest absolute Gasteiger partial charge is 0.297 e. The molecule has 4 heterocycles. The Balaban J connectivity index is 1.53. The number of rotatable bonds is 3. The van der Waals surface area contributed by atoms with Gasteiger partial charge in [-0.25, -0.2) is 14.3 Å². The Bertz CT molecular complexity index is 1730. The third-order valence-electron chi connectivity index (χ3n) is 8.18. The summed E-state index contributed by atoms with van der Waals surface area (Å²) >= 11 is 0. The maximum Gasteiger partial charge on any atom is 0.266 e. The van der Waals surface area contributed by atoms with Crippen molar-refractivity contribution in [3.8, 4) is 5.69 Å². The number of carbonyl (C=O) groups is 2. The van der Waals surface area contributed by atoms with Crippen LogP contribution in [0, 0.1) is 23.6 Å². The molecule has 3 aliphatic rings. The van der Waals surface area contributed by atoms with Crippen LogP contribution < -0.4 is 15.8 Å². The number of fused-ring (bicyclic) bond motifs is 8. The Morgan fingerprint density at radius 3 is 2.37 bits per heavy atom. The molecule has 0 aliphatic carbocycles. The summed E-state index contributed by atoms with van der Waals surface area (Å²) in [4.78, 5) is 48.1. The van der Waals surface area contributed by atoms with Gasteiger partial charge in [0.1, 0.15) is 17.2 Å². The third kappa shape index (κ3) is 2.81. The van der Waals surface area contributed by atoms with E-state index >= 15 is 0 Å². The van der Waals surface area contributed by atoms with Crippen LogP contribution in [0.25, 0.3) is 16.6 Å². The number of benzene rings is 3. The van der Waals surface area contributed by atoms with E-state index in [0.717, 1.165) is 10.5 Å². The molecule has 7 rings (SSSR count). The van der Waals surface area contributed by atoms with Gasteiger partial charge in [-0.3, -0.25) is 24.3 Å². The Labute approximate surface area is 217 Å². The van der Waals surface area contributed by atoms with E-state index in [-0.39, 0.29) is 23.2 Å². The van der Waals surface area contributed by atoms with Gasteiger partial charge in [-0.05, 0) is 42.7 Å². The van der Waals surface area contributed by atoms with Crippen LogP contribution >= 0.6 is 0 Å². The van der Waals surface area contributed by atoms with Crippen molar-refractivity contribution in [2.75, 3.05) is 4.90 Å². The molecule has 0 saturated carbocycles. The van der Waals surface area contributed by atoms with Gasteiger partial charge in [0, 0.05) is 11.6 Å². The second kappa shape index (κ2) is 7.91. The highest BCUT2D eigenvalue weighted by Crippen LogP contribution is 2.56. The van der Waals surface area contributed by atoms with Crippen LogP contribution in [-0.2, 0) is 15.1 Å². The quantitative estimate of drug-likeness (QED) is 0.425. The Morgan fingerprint density at radius 1 is 0.921 bits per heavy atom. The zero-order chi connectivity index (χ0) is 26.3. The first-order valence-electron chi connectivity index (χ1n) is 12.9. The van der Waals surface area contributed by atoms with E-state index in [1.54, 1.807) is 28.8 Å². The number of anilines is 1. The highest BCUT2D eigenvalue weighted by atomic mass is 19.1. The summed E-state index contributed by atoms with van der Waals surface area (Å²) in [7, 11) is 0. The number of nitrogens with one attached hydrogen (secondary N) is 1. The Kier molecular flexibility index (Phi) is 4.79. The van der Waals surface area contributed by atoms with Crippen LogP contribution in [0.3, 0.4) is 0 Å². The van der Waals surface area contributed by atoms with Gasteiger partial charge in [0.05, 0.1) is 34.1 Å². The van der Waals surface area contributed by atoms with Gasteiger partial charge in [0.25, 0.3) is 5.56 Å². The smallest absolute Gasteiger partial charge is 0.266 e. The van der Waals surface area contributed by atoms with E-state index in [1.165, 1.54) is 18.2 Å². The van der Waals surface area contributed by atoms with E-state index in [9.17, 15) is 18.8 Å². The van der Waals surface area contributed by atoms with Gasteiger partial charge >= 0.3 is 0 Å². The van der Waals surface area contributed by atoms with Crippen molar-refractivity contribution < 1.29 is 14.0 Å². The molecule has 2 saturated heterocycles. The standard InChI is InChI=1S/C30H25FN4O3/c1-16(2)15-21-24-25(28(38)34(27(24)37)23-14-8-5-11-19(23)31)30(33-21)18-10-4-7-13-22(18)35-26(36)17-9-3-6-12-20(17)32-29(30)35/h3-14,16,21,24-25,33H,15H2,1-2H3/t21-,24+,25-,30+/m1/s1. The number of nitrogens with zero attached hydrogens (tertiary/aromatic N) is 3. The van der Waals surface area contributed by atoms with Gasteiger partial charge < -0.3 is 0 Å². The number of hydrogen-bond acceptors (Lipinski definition) is 5. The number of hydrogen-bond donors (Lipinski definition) is 1. The van der Waals surface area contributed by atoms with Crippen molar-refractivity contribution in [1.82, 2.24) is 14.9 Å². The topological polar surface area (TPSA) is 84.3 Å². The lowest BCUT2D eigenvalue weighted by Gasteiger charge is -2.32. The first-order chi connectivity index (χ1) is 18.3. The van der Waals surface area contributed by atoms with Crippen LogP contribution in [0.15, 0.2) is 77.6 Å².